The van der Waals surface area contributed by atoms with E-state index in [-0.39, 0.29) is 0 Å². The fourth-order valence-electron chi connectivity index (χ4n) is 1.64. The van der Waals surface area contributed by atoms with Crippen LogP contribution in [0.25, 0.3) is 0 Å². The minimum Gasteiger partial charge on any atom is -0.399 e. The molecule has 1 aromatic rings. The molecule has 84 valence electrons. The van der Waals surface area contributed by atoms with Crippen LogP contribution in [0.15, 0.2) is 18.2 Å². The predicted molar refractivity (Wildman–Crippen MR) is 64.4 cm³/mol. The molecule has 0 aliphatic carbocycles. The smallest absolute Gasteiger partial charge is 0.0809 e. The monoisotopic (exact) mass is 208 g/mol. The quantitative estimate of drug-likeness (QED) is 0.514. The maximum Gasteiger partial charge on any atom is 0.0809 e. The van der Waals surface area contributed by atoms with Crippen molar-refractivity contribution < 1.29 is 5.11 Å². The van der Waals surface area contributed by atoms with E-state index in [1.54, 1.807) is 18.2 Å². The summed E-state index contributed by atoms with van der Waals surface area (Å²) in [6.07, 6.45) is 3.64. The van der Waals surface area contributed by atoms with Crippen LogP contribution in [0.2, 0.25) is 0 Å². The summed E-state index contributed by atoms with van der Waals surface area (Å²) in [5.74, 6) is 0. The molecule has 0 saturated heterocycles. The van der Waals surface area contributed by atoms with Crippen LogP contribution in [0.3, 0.4) is 0 Å². The van der Waals surface area contributed by atoms with Crippen LogP contribution < -0.4 is 11.5 Å². The molecule has 1 atom stereocenters. The van der Waals surface area contributed by atoms with E-state index in [2.05, 4.69) is 6.92 Å². The minimum atomic E-state index is -0.461. The van der Waals surface area contributed by atoms with Gasteiger partial charge in [0.1, 0.15) is 0 Å². The highest BCUT2D eigenvalue weighted by Crippen LogP contribution is 2.26. The summed E-state index contributed by atoms with van der Waals surface area (Å²) in [4.78, 5) is 0. The Hall–Kier alpha value is -1.22. The van der Waals surface area contributed by atoms with E-state index in [4.69, 9.17) is 11.5 Å². The summed E-state index contributed by atoms with van der Waals surface area (Å²) < 4.78 is 0. The van der Waals surface area contributed by atoms with E-state index >= 15 is 0 Å². The zero-order chi connectivity index (χ0) is 11.3. The number of aliphatic hydroxyl groups excluding tert-OH is 1. The molecule has 0 aliphatic heterocycles. The van der Waals surface area contributed by atoms with Gasteiger partial charge in [-0.15, -0.1) is 0 Å². The first-order chi connectivity index (χ1) is 7.15. The van der Waals surface area contributed by atoms with Gasteiger partial charge < -0.3 is 16.6 Å². The van der Waals surface area contributed by atoms with Crippen LogP contribution in [-0.4, -0.2) is 5.11 Å². The number of benzene rings is 1. The van der Waals surface area contributed by atoms with Gasteiger partial charge in [0.25, 0.3) is 0 Å². The molecule has 0 amide bonds. The second kappa shape index (κ2) is 5.61. The highest BCUT2D eigenvalue weighted by atomic mass is 16.3. The first-order valence-corrected chi connectivity index (χ1v) is 5.48. The summed E-state index contributed by atoms with van der Waals surface area (Å²) in [5, 5.41) is 9.90. The Morgan fingerprint density at radius 3 is 2.60 bits per heavy atom. The Morgan fingerprint density at radius 2 is 2.00 bits per heavy atom. The topological polar surface area (TPSA) is 72.3 Å². The van der Waals surface area contributed by atoms with Gasteiger partial charge in [-0.3, -0.25) is 0 Å². The summed E-state index contributed by atoms with van der Waals surface area (Å²) >= 11 is 0. The first kappa shape index (κ1) is 11.9. The van der Waals surface area contributed by atoms with E-state index in [0.717, 1.165) is 31.2 Å². The largest absolute Gasteiger partial charge is 0.399 e. The Bertz CT molecular complexity index is 312. The predicted octanol–water partition coefficient (Wildman–Crippen LogP) is 2.46. The van der Waals surface area contributed by atoms with Crippen LogP contribution >= 0.6 is 0 Å². The van der Waals surface area contributed by atoms with Gasteiger partial charge in [-0.2, -0.15) is 0 Å². The third-order valence-corrected chi connectivity index (χ3v) is 2.55. The van der Waals surface area contributed by atoms with Crippen molar-refractivity contribution in [3.8, 4) is 0 Å². The average Bonchev–Trinajstić information content (AvgIpc) is 2.17. The fraction of sp³-hybridized carbons (Fsp3) is 0.500. The average molecular weight is 208 g/mol. The molecule has 15 heavy (non-hydrogen) atoms. The number of hydrogen-bond acceptors (Lipinski definition) is 3. The highest BCUT2D eigenvalue weighted by molar-refractivity contribution is 5.57. The van der Waals surface area contributed by atoms with E-state index in [1.165, 1.54) is 0 Å². The summed E-state index contributed by atoms with van der Waals surface area (Å²) in [6, 6.07) is 5.27. The van der Waals surface area contributed by atoms with Crippen molar-refractivity contribution in [2.24, 2.45) is 0 Å². The van der Waals surface area contributed by atoms with Crippen LogP contribution in [0.5, 0.6) is 0 Å². The zero-order valence-corrected chi connectivity index (χ0v) is 9.24. The molecule has 1 aromatic carbocycles. The molecule has 0 aromatic heterocycles. The zero-order valence-electron chi connectivity index (χ0n) is 9.24. The number of unbranched alkanes of at least 4 members (excludes halogenated alkanes) is 2. The van der Waals surface area contributed by atoms with Gasteiger partial charge in [0, 0.05) is 16.9 Å². The van der Waals surface area contributed by atoms with Gasteiger partial charge >= 0.3 is 0 Å². The molecule has 0 aliphatic rings. The Kier molecular flexibility index (Phi) is 4.43. The van der Waals surface area contributed by atoms with E-state index in [9.17, 15) is 5.11 Å². The first-order valence-electron chi connectivity index (χ1n) is 5.48. The van der Waals surface area contributed by atoms with Crippen molar-refractivity contribution in [1.82, 2.24) is 0 Å². The van der Waals surface area contributed by atoms with Gasteiger partial charge in [0.15, 0.2) is 0 Å². The SMILES string of the molecule is CCCCCC(O)c1ccc(N)cc1N. The van der Waals surface area contributed by atoms with Crippen LogP contribution in [0, 0.1) is 0 Å². The van der Waals surface area contributed by atoms with Crippen LogP contribution in [0.1, 0.15) is 44.3 Å². The van der Waals surface area contributed by atoms with Crippen molar-refractivity contribution in [2.45, 2.75) is 38.7 Å². The van der Waals surface area contributed by atoms with Gasteiger partial charge in [0.2, 0.25) is 0 Å². The number of nitrogens with two attached hydrogens (primary N) is 2. The second-order valence-electron chi connectivity index (χ2n) is 3.90. The van der Waals surface area contributed by atoms with E-state index < -0.39 is 6.10 Å². The number of hydrogen-bond donors (Lipinski definition) is 3. The number of aliphatic hydroxyl groups is 1. The van der Waals surface area contributed by atoms with Crippen molar-refractivity contribution >= 4 is 11.4 Å². The van der Waals surface area contributed by atoms with Crippen molar-refractivity contribution in [3.05, 3.63) is 23.8 Å². The Balaban J connectivity index is 2.61. The molecule has 1 unspecified atom stereocenters. The standard InChI is InChI=1S/C12H20N2O/c1-2-3-4-5-12(15)10-7-6-9(13)8-11(10)14/h6-8,12,15H,2-5,13-14H2,1H3. The number of rotatable bonds is 5. The lowest BCUT2D eigenvalue weighted by Crippen LogP contribution is -2.03. The van der Waals surface area contributed by atoms with Crippen molar-refractivity contribution in [1.29, 1.82) is 0 Å². The van der Waals surface area contributed by atoms with Crippen LogP contribution in [0.4, 0.5) is 11.4 Å². The molecule has 0 bridgehead atoms. The summed E-state index contributed by atoms with van der Waals surface area (Å²) in [5.41, 5.74) is 13.4. The number of nitrogen functional groups attached to an aromatic ring is 2. The molecule has 1 rings (SSSR count). The third kappa shape index (κ3) is 3.44. The van der Waals surface area contributed by atoms with Gasteiger partial charge in [-0.1, -0.05) is 32.3 Å². The highest BCUT2D eigenvalue weighted by Gasteiger charge is 2.10. The maximum absolute atomic E-state index is 9.90. The Labute approximate surface area is 91.1 Å². The maximum atomic E-state index is 9.90. The number of anilines is 2. The lowest BCUT2D eigenvalue weighted by molar-refractivity contribution is 0.164. The van der Waals surface area contributed by atoms with E-state index in [1.807, 2.05) is 0 Å². The summed E-state index contributed by atoms with van der Waals surface area (Å²) in [7, 11) is 0. The molecule has 0 radical (unpaired) electrons. The van der Waals surface area contributed by atoms with Gasteiger partial charge in [0.05, 0.1) is 6.10 Å². The lowest BCUT2D eigenvalue weighted by Gasteiger charge is -2.13. The molecule has 0 spiro atoms. The second-order valence-corrected chi connectivity index (χ2v) is 3.90. The molecule has 0 saturated carbocycles. The minimum absolute atomic E-state index is 0.461. The fourth-order valence-corrected chi connectivity index (χ4v) is 1.64. The molecule has 3 heteroatoms. The van der Waals surface area contributed by atoms with Gasteiger partial charge in [-0.25, -0.2) is 0 Å². The van der Waals surface area contributed by atoms with Crippen LogP contribution in [-0.2, 0) is 0 Å². The molecule has 0 fully saturated rings. The molecular weight excluding hydrogens is 188 g/mol. The Morgan fingerprint density at radius 1 is 1.27 bits per heavy atom. The van der Waals surface area contributed by atoms with E-state index in [0.29, 0.717) is 11.4 Å². The van der Waals surface area contributed by atoms with Gasteiger partial charge in [-0.05, 0) is 18.6 Å². The summed E-state index contributed by atoms with van der Waals surface area (Å²) in [6.45, 7) is 2.14. The normalized spacial score (nSPS) is 12.7. The van der Waals surface area contributed by atoms with Crippen molar-refractivity contribution in [3.63, 3.8) is 0 Å². The lowest BCUT2D eigenvalue weighted by atomic mass is 10.0. The molecule has 0 heterocycles. The third-order valence-electron chi connectivity index (χ3n) is 2.55. The molecular formula is C12H20N2O. The van der Waals surface area contributed by atoms with Crippen molar-refractivity contribution in [2.75, 3.05) is 11.5 Å². The molecule has 5 N–H and O–H groups in total. The molecule has 3 nitrogen and oxygen atoms in total.